The van der Waals surface area contributed by atoms with Crippen molar-refractivity contribution in [1.29, 1.82) is 0 Å². The first-order chi connectivity index (χ1) is 7.36. The molecule has 1 aromatic rings. The molecule has 0 saturated heterocycles. The van der Waals surface area contributed by atoms with Gasteiger partial charge in [-0.15, -0.1) is 5.73 Å². The van der Waals surface area contributed by atoms with Gasteiger partial charge in [0.1, 0.15) is 6.17 Å². The number of nitrogens with two attached hydrogens (primary N) is 1. The summed E-state index contributed by atoms with van der Waals surface area (Å²) in [4.78, 5) is 4.27. The van der Waals surface area contributed by atoms with Crippen LogP contribution in [0.2, 0.25) is 0 Å². The van der Waals surface area contributed by atoms with Crippen LogP contribution in [0.15, 0.2) is 64.9 Å². The lowest BCUT2D eigenvalue weighted by atomic mass is 10.2. The van der Waals surface area contributed by atoms with E-state index in [0.29, 0.717) is 0 Å². The molecule has 74 valence electrons. The van der Waals surface area contributed by atoms with Crippen molar-refractivity contribution in [3.8, 4) is 0 Å². The van der Waals surface area contributed by atoms with Crippen LogP contribution in [0.3, 0.4) is 0 Å². The third kappa shape index (κ3) is 2.53. The molecule has 2 nitrogen and oxygen atoms in total. The Morgan fingerprint density at radius 2 is 2.07 bits per heavy atom. The molecule has 0 fully saturated rings. The van der Waals surface area contributed by atoms with E-state index in [1.807, 2.05) is 48.6 Å². The molecule has 0 amide bonds. The van der Waals surface area contributed by atoms with Gasteiger partial charge in [0.25, 0.3) is 0 Å². The zero-order chi connectivity index (χ0) is 10.5. The van der Waals surface area contributed by atoms with Crippen LogP contribution in [-0.2, 0) is 0 Å². The number of benzene rings is 1. The number of hydrogen-bond donors (Lipinski definition) is 1. The fourth-order valence-electron chi connectivity index (χ4n) is 1.31. The molecule has 1 unspecified atom stereocenters. The van der Waals surface area contributed by atoms with Crippen molar-refractivity contribution < 1.29 is 0 Å². The summed E-state index contributed by atoms with van der Waals surface area (Å²) in [6.45, 7) is 0. The average molecular weight is 196 g/mol. The Labute approximate surface area is 89.1 Å². The van der Waals surface area contributed by atoms with Crippen molar-refractivity contribution in [2.75, 3.05) is 0 Å². The summed E-state index contributed by atoms with van der Waals surface area (Å²) in [5, 5.41) is 0. The van der Waals surface area contributed by atoms with E-state index in [0.717, 1.165) is 11.1 Å². The molecule has 1 aliphatic rings. The Balaban J connectivity index is 2.03. The summed E-state index contributed by atoms with van der Waals surface area (Å²) in [7, 11) is 0. The Kier molecular flexibility index (Phi) is 2.93. The second-order valence-corrected chi connectivity index (χ2v) is 3.28. The zero-order valence-corrected chi connectivity index (χ0v) is 8.30. The van der Waals surface area contributed by atoms with Crippen LogP contribution in [0.25, 0.3) is 0 Å². The van der Waals surface area contributed by atoms with Gasteiger partial charge in [-0.3, -0.25) is 4.99 Å². The van der Waals surface area contributed by atoms with Crippen LogP contribution in [0.4, 0.5) is 0 Å². The number of nitrogens with zero attached hydrogens (tertiary/aromatic N) is 1. The molecule has 1 aliphatic carbocycles. The molecule has 2 N–H and O–H groups in total. The largest absolute Gasteiger partial charge is 0.306 e. The molecule has 0 aromatic heterocycles. The summed E-state index contributed by atoms with van der Waals surface area (Å²) in [6.07, 6.45) is 7.11. The lowest BCUT2D eigenvalue weighted by molar-refractivity contribution is 0.848. The van der Waals surface area contributed by atoms with Crippen LogP contribution < -0.4 is 5.73 Å². The van der Waals surface area contributed by atoms with Gasteiger partial charge >= 0.3 is 0 Å². The standard InChI is InChI=1S/C13H12N2/c14-13(12-8-4-5-9-12)15-10-11-6-2-1-3-7-11/h1-4,6-10,13H,14H2. The molecule has 0 bridgehead atoms. The van der Waals surface area contributed by atoms with Gasteiger partial charge in [-0.05, 0) is 29.4 Å². The molecule has 1 atom stereocenters. The van der Waals surface area contributed by atoms with E-state index in [1.165, 1.54) is 0 Å². The number of aliphatic imine (C=N–C) groups is 1. The minimum Gasteiger partial charge on any atom is -0.306 e. The van der Waals surface area contributed by atoms with Crippen LogP contribution in [0.1, 0.15) is 5.56 Å². The summed E-state index contributed by atoms with van der Waals surface area (Å²) < 4.78 is 0. The van der Waals surface area contributed by atoms with Crippen molar-refractivity contribution in [1.82, 2.24) is 0 Å². The first-order valence-electron chi connectivity index (χ1n) is 4.83. The van der Waals surface area contributed by atoms with E-state index in [2.05, 4.69) is 10.7 Å². The van der Waals surface area contributed by atoms with Crippen LogP contribution in [0.5, 0.6) is 0 Å². The van der Waals surface area contributed by atoms with E-state index in [-0.39, 0.29) is 6.17 Å². The molecule has 0 saturated carbocycles. The highest BCUT2D eigenvalue weighted by Crippen LogP contribution is 2.07. The molecule has 0 radical (unpaired) electrons. The van der Waals surface area contributed by atoms with Crippen molar-refractivity contribution >= 4 is 6.21 Å². The predicted molar refractivity (Wildman–Crippen MR) is 62.7 cm³/mol. The second-order valence-electron chi connectivity index (χ2n) is 3.28. The molecule has 15 heavy (non-hydrogen) atoms. The monoisotopic (exact) mass is 196 g/mol. The first-order valence-corrected chi connectivity index (χ1v) is 4.83. The summed E-state index contributed by atoms with van der Waals surface area (Å²) in [5.74, 6) is 0. The van der Waals surface area contributed by atoms with E-state index >= 15 is 0 Å². The lowest BCUT2D eigenvalue weighted by Gasteiger charge is -2.04. The van der Waals surface area contributed by atoms with Gasteiger partial charge in [0.15, 0.2) is 0 Å². The van der Waals surface area contributed by atoms with Gasteiger partial charge in [-0.1, -0.05) is 30.3 Å². The number of rotatable bonds is 3. The molecule has 1 aromatic carbocycles. The number of allylic oxidation sites excluding steroid dienone is 1. The van der Waals surface area contributed by atoms with Gasteiger partial charge in [0.05, 0.1) is 0 Å². The topological polar surface area (TPSA) is 38.4 Å². The van der Waals surface area contributed by atoms with E-state index in [1.54, 1.807) is 6.21 Å². The molecule has 0 heterocycles. The number of hydrogen-bond acceptors (Lipinski definition) is 2. The molecular weight excluding hydrogens is 184 g/mol. The first kappa shape index (κ1) is 9.66. The third-order valence-electron chi connectivity index (χ3n) is 2.15. The Bertz CT molecular complexity index is 449. The molecule has 0 spiro atoms. The van der Waals surface area contributed by atoms with Gasteiger partial charge in [0.2, 0.25) is 0 Å². The highest BCUT2D eigenvalue weighted by molar-refractivity contribution is 5.79. The summed E-state index contributed by atoms with van der Waals surface area (Å²) in [5.41, 5.74) is 10.9. The van der Waals surface area contributed by atoms with Gasteiger partial charge < -0.3 is 5.73 Å². The van der Waals surface area contributed by atoms with Crippen LogP contribution >= 0.6 is 0 Å². The summed E-state index contributed by atoms with van der Waals surface area (Å²) in [6, 6.07) is 9.91. The maximum atomic E-state index is 5.87. The van der Waals surface area contributed by atoms with E-state index < -0.39 is 0 Å². The molecule has 0 aliphatic heterocycles. The van der Waals surface area contributed by atoms with Crippen molar-refractivity contribution in [3.05, 3.63) is 65.4 Å². The quantitative estimate of drug-likeness (QED) is 0.583. The minimum absolute atomic E-state index is 0.295. The fourth-order valence-corrected chi connectivity index (χ4v) is 1.31. The molecular formula is C13H12N2. The van der Waals surface area contributed by atoms with Gasteiger partial charge in [-0.2, -0.15) is 0 Å². The predicted octanol–water partition coefficient (Wildman–Crippen LogP) is 2.04. The highest BCUT2D eigenvalue weighted by atomic mass is 14.9. The second kappa shape index (κ2) is 4.56. The average Bonchev–Trinajstić information content (AvgIpc) is 2.81. The van der Waals surface area contributed by atoms with E-state index in [4.69, 9.17) is 5.73 Å². The molecule has 2 rings (SSSR count). The fraction of sp³-hybridized carbons (Fsp3) is 0.0769. The highest BCUT2D eigenvalue weighted by Gasteiger charge is 2.03. The van der Waals surface area contributed by atoms with Crippen molar-refractivity contribution in [3.63, 3.8) is 0 Å². The smallest absolute Gasteiger partial charge is 0.123 e. The van der Waals surface area contributed by atoms with Gasteiger partial charge in [-0.25, -0.2) is 0 Å². The molecule has 2 heteroatoms. The normalized spacial score (nSPS) is 15.9. The van der Waals surface area contributed by atoms with Crippen molar-refractivity contribution in [2.24, 2.45) is 10.7 Å². The summed E-state index contributed by atoms with van der Waals surface area (Å²) >= 11 is 0. The Hall–Kier alpha value is -1.89. The minimum atomic E-state index is -0.295. The van der Waals surface area contributed by atoms with E-state index in [9.17, 15) is 0 Å². The Morgan fingerprint density at radius 1 is 1.27 bits per heavy atom. The SMILES string of the molecule is NC(N=Cc1ccccc1)C1=CC=C=C1. The van der Waals surface area contributed by atoms with Crippen LogP contribution in [-0.4, -0.2) is 12.4 Å². The van der Waals surface area contributed by atoms with Gasteiger partial charge in [0, 0.05) is 6.21 Å². The zero-order valence-electron chi connectivity index (χ0n) is 8.30. The lowest BCUT2D eigenvalue weighted by Crippen LogP contribution is -2.18. The Morgan fingerprint density at radius 3 is 2.73 bits per heavy atom. The maximum Gasteiger partial charge on any atom is 0.123 e. The van der Waals surface area contributed by atoms with Crippen molar-refractivity contribution in [2.45, 2.75) is 6.17 Å². The van der Waals surface area contributed by atoms with Crippen LogP contribution in [0, 0.1) is 0 Å². The third-order valence-corrected chi connectivity index (χ3v) is 2.15. The maximum absolute atomic E-state index is 5.87.